The summed E-state index contributed by atoms with van der Waals surface area (Å²) in [5.41, 5.74) is 2.00. The van der Waals surface area contributed by atoms with Crippen LogP contribution >= 0.6 is 12.2 Å². The van der Waals surface area contributed by atoms with Crippen molar-refractivity contribution in [1.29, 1.82) is 0 Å². The minimum Gasteiger partial charge on any atom is -0.494 e. The van der Waals surface area contributed by atoms with E-state index in [1.165, 1.54) is 0 Å². The number of hydrogen-bond donors (Lipinski definition) is 2. The topological polar surface area (TPSA) is 40.8 Å². The number of fused-ring (bicyclic) bond motifs is 1. The van der Waals surface area contributed by atoms with Crippen LogP contribution in [0.15, 0.2) is 18.2 Å². The molecule has 0 amide bonds. The third-order valence-electron chi connectivity index (χ3n) is 1.96. The van der Waals surface area contributed by atoms with Gasteiger partial charge in [-0.2, -0.15) is 0 Å². The first-order chi connectivity index (χ1) is 6.79. The van der Waals surface area contributed by atoms with E-state index in [1.54, 1.807) is 0 Å². The molecule has 0 atom stereocenters. The first kappa shape index (κ1) is 9.27. The molecule has 0 bridgehead atoms. The fourth-order valence-corrected chi connectivity index (χ4v) is 1.54. The average Bonchev–Trinajstić information content (AvgIpc) is 2.54. The molecule has 1 heterocycles. The van der Waals surface area contributed by atoms with Crippen LogP contribution in [0.4, 0.5) is 0 Å². The van der Waals surface area contributed by atoms with E-state index in [1.807, 2.05) is 18.2 Å². The highest BCUT2D eigenvalue weighted by atomic mass is 32.1. The molecule has 0 aliphatic carbocycles. The Morgan fingerprint density at radius 3 is 2.86 bits per heavy atom. The average molecular weight is 208 g/mol. The minimum atomic E-state index is 0.646. The van der Waals surface area contributed by atoms with Crippen molar-refractivity contribution >= 4 is 23.3 Å². The van der Waals surface area contributed by atoms with Gasteiger partial charge in [-0.1, -0.05) is 6.92 Å². The third kappa shape index (κ3) is 1.80. The molecule has 0 fully saturated rings. The number of aromatic amines is 2. The van der Waals surface area contributed by atoms with E-state index >= 15 is 0 Å². The molecule has 0 saturated heterocycles. The molecule has 14 heavy (non-hydrogen) atoms. The first-order valence-electron chi connectivity index (χ1n) is 4.64. The Bertz CT molecular complexity index is 486. The molecule has 3 nitrogen and oxygen atoms in total. The Hall–Kier alpha value is -1.29. The molecule has 0 aliphatic heterocycles. The van der Waals surface area contributed by atoms with Gasteiger partial charge in [-0.15, -0.1) is 0 Å². The monoisotopic (exact) mass is 208 g/mol. The summed E-state index contributed by atoms with van der Waals surface area (Å²) in [5.74, 6) is 0.879. The number of hydrogen-bond acceptors (Lipinski definition) is 2. The zero-order chi connectivity index (χ0) is 9.97. The summed E-state index contributed by atoms with van der Waals surface area (Å²) in [4.78, 5) is 6.10. The van der Waals surface area contributed by atoms with Crippen molar-refractivity contribution in [1.82, 2.24) is 9.97 Å². The van der Waals surface area contributed by atoms with E-state index in [9.17, 15) is 0 Å². The molecule has 0 saturated carbocycles. The van der Waals surface area contributed by atoms with E-state index in [-0.39, 0.29) is 0 Å². The molecular formula is C10H12N2OS. The molecule has 2 rings (SSSR count). The van der Waals surface area contributed by atoms with Crippen molar-refractivity contribution in [2.24, 2.45) is 0 Å². The summed E-state index contributed by atoms with van der Waals surface area (Å²) < 4.78 is 6.15. The van der Waals surface area contributed by atoms with E-state index in [0.29, 0.717) is 4.77 Å². The van der Waals surface area contributed by atoms with Crippen LogP contribution < -0.4 is 4.74 Å². The Kier molecular flexibility index (Phi) is 2.54. The van der Waals surface area contributed by atoms with Gasteiger partial charge in [0, 0.05) is 6.07 Å². The van der Waals surface area contributed by atoms with Gasteiger partial charge in [0.15, 0.2) is 4.77 Å². The number of H-pyrrole nitrogens is 2. The fourth-order valence-electron chi connectivity index (χ4n) is 1.32. The smallest absolute Gasteiger partial charge is 0.175 e. The van der Waals surface area contributed by atoms with Crippen LogP contribution in [-0.4, -0.2) is 16.6 Å². The standard InChI is InChI=1S/C10H12N2OS/c1-2-5-13-7-3-4-8-9(6-7)12-10(14)11-8/h3-4,6H,2,5H2,1H3,(H2,11,12,14). The Balaban J connectivity index is 2.35. The predicted octanol–water partition coefficient (Wildman–Crippen LogP) is 3.01. The van der Waals surface area contributed by atoms with Gasteiger partial charge in [0.2, 0.25) is 0 Å². The van der Waals surface area contributed by atoms with E-state index in [0.717, 1.165) is 29.8 Å². The minimum absolute atomic E-state index is 0.646. The summed E-state index contributed by atoms with van der Waals surface area (Å²) in [6.45, 7) is 2.83. The highest BCUT2D eigenvalue weighted by Crippen LogP contribution is 2.18. The normalized spacial score (nSPS) is 10.6. The van der Waals surface area contributed by atoms with Crippen LogP contribution in [0.25, 0.3) is 11.0 Å². The molecule has 1 aromatic carbocycles. The highest BCUT2D eigenvalue weighted by Gasteiger charge is 1.98. The number of rotatable bonds is 3. The Morgan fingerprint density at radius 1 is 1.29 bits per heavy atom. The lowest BCUT2D eigenvalue weighted by Gasteiger charge is -2.03. The van der Waals surface area contributed by atoms with Gasteiger partial charge in [-0.3, -0.25) is 0 Å². The van der Waals surface area contributed by atoms with Gasteiger partial charge in [0.05, 0.1) is 17.6 Å². The summed E-state index contributed by atoms with van der Waals surface area (Å²) in [6, 6.07) is 5.86. The zero-order valence-corrected chi connectivity index (χ0v) is 8.78. The van der Waals surface area contributed by atoms with Crippen molar-refractivity contribution in [3.63, 3.8) is 0 Å². The molecule has 74 valence electrons. The number of aromatic nitrogens is 2. The summed E-state index contributed by atoms with van der Waals surface area (Å²) in [6.07, 6.45) is 1.02. The molecule has 0 aliphatic rings. The number of imidazole rings is 1. The number of benzene rings is 1. The van der Waals surface area contributed by atoms with Crippen LogP contribution in [0.3, 0.4) is 0 Å². The van der Waals surface area contributed by atoms with Crippen molar-refractivity contribution in [2.45, 2.75) is 13.3 Å². The van der Waals surface area contributed by atoms with Crippen LogP contribution in [0.1, 0.15) is 13.3 Å². The zero-order valence-electron chi connectivity index (χ0n) is 7.96. The maximum Gasteiger partial charge on any atom is 0.175 e. The maximum absolute atomic E-state index is 5.50. The summed E-state index contributed by atoms with van der Waals surface area (Å²) >= 11 is 4.99. The van der Waals surface area contributed by atoms with E-state index < -0.39 is 0 Å². The van der Waals surface area contributed by atoms with Gasteiger partial charge < -0.3 is 14.7 Å². The van der Waals surface area contributed by atoms with Gasteiger partial charge in [-0.25, -0.2) is 0 Å². The Labute approximate surface area is 87.1 Å². The second-order valence-electron chi connectivity index (χ2n) is 3.13. The van der Waals surface area contributed by atoms with Crippen LogP contribution in [0.2, 0.25) is 0 Å². The molecule has 0 radical (unpaired) electrons. The van der Waals surface area contributed by atoms with Crippen molar-refractivity contribution in [3.05, 3.63) is 23.0 Å². The SMILES string of the molecule is CCCOc1ccc2[nH]c(=S)[nH]c2c1. The molecule has 0 spiro atoms. The number of ether oxygens (including phenoxy) is 1. The van der Waals surface area contributed by atoms with Crippen LogP contribution in [0.5, 0.6) is 5.75 Å². The van der Waals surface area contributed by atoms with E-state index in [2.05, 4.69) is 16.9 Å². The molecule has 0 unspecified atom stereocenters. The van der Waals surface area contributed by atoms with Gasteiger partial charge in [0.1, 0.15) is 5.75 Å². The maximum atomic E-state index is 5.50. The summed E-state index contributed by atoms with van der Waals surface area (Å²) in [7, 11) is 0. The number of nitrogens with one attached hydrogen (secondary N) is 2. The Morgan fingerprint density at radius 2 is 2.07 bits per heavy atom. The van der Waals surface area contributed by atoms with Crippen molar-refractivity contribution in [2.75, 3.05) is 6.61 Å². The lowest BCUT2D eigenvalue weighted by atomic mass is 10.3. The molecule has 2 N–H and O–H groups in total. The summed E-state index contributed by atoms with van der Waals surface area (Å²) in [5, 5.41) is 0. The predicted molar refractivity (Wildman–Crippen MR) is 59.3 cm³/mol. The molecule has 2 aromatic rings. The van der Waals surface area contributed by atoms with Crippen molar-refractivity contribution in [3.8, 4) is 5.75 Å². The largest absolute Gasteiger partial charge is 0.494 e. The van der Waals surface area contributed by atoms with Crippen LogP contribution in [-0.2, 0) is 0 Å². The van der Waals surface area contributed by atoms with Gasteiger partial charge in [-0.05, 0) is 30.8 Å². The molecular weight excluding hydrogens is 196 g/mol. The van der Waals surface area contributed by atoms with E-state index in [4.69, 9.17) is 17.0 Å². The first-order valence-corrected chi connectivity index (χ1v) is 5.05. The quantitative estimate of drug-likeness (QED) is 0.761. The third-order valence-corrected chi connectivity index (χ3v) is 2.16. The lowest BCUT2D eigenvalue weighted by Crippen LogP contribution is -1.94. The fraction of sp³-hybridized carbons (Fsp3) is 0.300. The highest BCUT2D eigenvalue weighted by molar-refractivity contribution is 7.71. The second kappa shape index (κ2) is 3.84. The second-order valence-corrected chi connectivity index (χ2v) is 3.54. The van der Waals surface area contributed by atoms with Gasteiger partial charge in [0.25, 0.3) is 0 Å². The van der Waals surface area contributed by atoms with Gasteiger partial charge >= 0.3 is 0 Å². The van der Waals surface area contributed by atoms with Crippen molar-refractivity contribution < 1.29 is 4.74 Å². The lowest BCUT2D eigenvalue weighted by molar-refractivity contribution is 0.318. The molecule has 1 aromatic heterocycles. The molecule has 4 heteroatoms. The van der Waals surface area contributed by atoms with Crippen LogP contribution in [0, 0.1) is 4.77 Å².